The molecule has 2 aromatic carbocycles. The molecule has 0 unspecified atom stereocenters. The molecule has 104 valence electrons. The number of hydrogen-bond acceptors (Lipinski definition) is 3. The summed E-state index contributed by atoms with van der Waals surface area (Å²) in [5.74, 6) is 0.724. The van der Waals surface area contributed by atoms with Gasteiger partial charge < -0.3 is 9.47 Å². The Morgan fingerprint density at radius 1 is 1.10 bits per heavy atom. The average molecular weight is 335 g/mol. The molecule has 4 heteroatoms. The normalized spacial score (nSPS) is 10.2. The summed E-state index contributed by atoms with van der Waals surface area (Å²) < 4.78 is 11.5. The summed E-state index contributed by atoms with van der Waals surface area (Å²) >= 11 is 3.40. The van der Waals surface area contributed by atoms with E-state index in [0.29, 0.717) is 11.5 Å². The third-order valence-corrected chi connectivity index (χ3v) is 3.27. The first-order chi connectivity index (χ1) is 9.54. The Labute approximate surface area is 126 Å². The first-order valence-corrected chi connectivity index (χ1v) is 7.00. The number of carbonyl (C=O) groups excluding carboxylic acids is 1. The summed E-state index contributed by atoms with van der Waals surface area (Å²) in [4.78, 5) is 11.7. The van der Waals surface area contributed by atoms with E-state index in [1.54, 1.807) is 12.1 Å². The van der Waals surface area contributed by atoms with Gasteiger partial charge in [0.15, 0.2) is 6.61 Å². The summed E-state index contributed by atoms with van der Waals surface area (Å²) in [6, 6.07) is 13.0. The van der Waals surface area contributed by atoms with Crippen molar-refractivity contribution in [1.29, 1.82) is 0 Å². The SMILES string of the molecule is Cc1cccc(OC(=O)COc2ccc(C)cc2Br)c1. The van der Waals surface area contributed by atoms with E-state index in [4.69, 9.17) is 9.47 Å². The summed E-state index contributed by atoms with van der Waals surface area (Å²) in [6.07, 6.45) is 0. The molecule has 0 heterocycles. The van der Waals surface area contributed by atoms with Crippen LogP contribution in [0.3, 0.4) is 0 Å². The Hall–Kier alpha value is -1.81. The molecule has 0 N–H and O–H groups in total. The molecular formula is C16H15BrO3. The van der Waals surface area contributed by atoms with Crippen molar-refractivity contribution < 1.29 is 14.3 Å². The molecule has 0 amide bonds. The number of aryl methyl sites for hydroxylation is 2. The molecule has 0 aliphatic carbocycles. The second kappa shape index (κ2) is 6.57. The molecule has 0 saturated carbocycles. The minimum absolute atomic E-state index is 0.129. The molecule has 0 bridgehead atoms. The molecule has 20 heavy (non-hydrogen) atoms. The highest BCUT2D eigenvalue weighted by Crippen LogP contribution is 2.25. The van der Waals surface area contributed by atoms with E-state index in [1.165, 1.54) is 0 Å². The van der Waals surface area contributed by atoms with Gasteiger partial charge in [-0.05, 0) is 65.2 Å². The summed E-state index contributed by atoms with van der Waals surface area (Å²) in [5.41, 5.74) is 2.16. The van der Waals surface area contributed by atoms with Crippen molar-refractivity contribution in [2.45, 2.75) is 13.8 Å². The van der Waals surface area contributed by atoms with Crippen LogP contribution in [-0.2, 0) is 4.79 Å². The fraction of sp³-hybridized carbons (Fsp3) is 0.188. The summed E-state index contributed by atoms with van der Waals surface area (Å²) in [5, 5.41) is 0. The maximum Gasteiger partial charge on any atom is 0.349 e. The van der Waals surface area contributed by atoms with Gasteiger partial charge in [-0.2, -0.15) is 0 Å². The molecule has 0 aromatic heterocycles. The zero-order chi connectivity index (χ0) is 14.5. The molecule has 3 nitrogen and oxygen atoms in total. The number of ether oxygens (including phenoxy) is 2. The van der Waals surface area contributed by atoms with Crippen molar-refractivity contribution in [3.63, 3.8) is 0 Å². The number of benzene rings is 2. The topological polar surface area (TPSA) is 35.5 Å². The van der Waals surface area contributed by atoms with Gasteiger partial charge in [0.25, 0.3) is 0 Å². The van der Waals surface area contributed by atoms with E-state index in [2.05, 4.69) is 15.9 Å². The van der Waals surface area contributed by atoms with Crippen LogP contribution in [0.2, 0.25) is 0 Å². The molecule has 0 saturated heterocycles. The van der Waals surface area contributed by atoms with Crippen molar-refractivity contribution in [3.8, 4) is 11.5 Å². The molecule has 2 aromatic rings. The lowest BCUT2D eigenvalue weighted by Gasteiger charge is -2.09. The minimum atomic E-state index is -0.428. The highest BCUT2D eigenvalue weighted by Gasteiger charge is 2.08. The van der Waals surface area contributed by atoms with E-state index < -0.39 is 5.97 Å². The van der Waals surface area contributed by atoms with Gasteiger partial charge in [0, 0.05) is 0 Å². The highest BCUT2D eigenvalue weighted by atomic mass is 79.9. The van der Waals surface area contributed by atoms with Gasteiger partial charge >= 0.3 is 5.97 Å². The lowest BCUT2D eigenvalue weighted by Crippen LogP contribution is -2.17. The number of halogens is 1. The standard InChI is InChI=1S/C16H15BrO3/c1-11-4-3-5-13(8-11)20-16(18)10-19-15-7-6-12(2)9-14(15)17/h3-9H,10H2,1-2H3. The third kappa shape index (κ3) is 4.10. The van der Waals surface area contributed by atoms with Crippen LogP contribution in [0.15, 0.2) is 46.9 Å². The number of hydrogen-bond donors (Lipinski definition) is 0. The second-order valence-corrected chi connectivity index (χ2v) is 5.37. The van der Waals surface area contributed by atoms with Gasteiger partial charge in [-0.1, -0.05) is 18.2 Å². The molecule has 0 aliphatic heterocycles. The zero-order valence-corrected chi connectivity index (χ0v) is 12.9. The van der Waals surface area contributed by atoms with E-state index in [0.717, 1.165) is 15.6 Å². The fourth-order valence-corrected chi connectivity index (χ4v) is 2.31. The summed E-state index contributed by atoms with van der Waals surface area (Å²) in [6.45, 7) is 3.80. The Morgan fingerprint density at radius 3 is 2.55 bits per heavy atom. The molecule has 2 rings (SSSR count). The smallest absolute Gasteiger partial charge is 0.349 e. The molecule has 0 aliphatic rings. The highest BCUT2D eigenvalue weighted by molar-refractivity contribution is 9.10. The molecular weight excluding hydrogens is 320 g/mol. The lowest BCUT2D eigenvalue weighted by molar-refractivity contribution is -0.136. The average Bonchev–Trinajstić information content (AvgIpc) is 2.37. The molecule has 0 spiro atoms. The van der Waals surface area contributed by atoms with Crippen LogP contribution in [0.25, 0.3) is 0 Å². The Morgan fingerprint density at radius 2 is 1.85 bits per heavy atom. The quantitative estimate of drug-likeness (QED) is 0.625. The third-order valence-electron chi connectivity index (χ3n) is 2.65. The number of rotatable bonds is 4. The first-order valence-electron chi connectivity index (χ1n) is 6.21. The van der Waals surface area contributed by atoms with Crippen LogP contribution in [0.4, 0.5) is 0 Å². The van der Waals surface area contributed by atoms with Crippen molar-refractivity contribution in [1.82, 2.24) is 0 Å². The van der Waals surface area contributed by atoms with Crippen molar-refractivity contribution in [2.75, 3.05) is 6.61 Å². The van der Waals surface area contributed by atoms with Gasteiger partial charge in [0.2, 0.25) is 0 Å². The first kappa shape index (κ1) is 14.6. The molecule has 0 fully saturated rings. The maximum atomic E-state index is 11.7. The van der Waals surface area contributed by atoms with Gasteiger partial charge in [-0.25, -0.2) is 4.79 Å². The maximum absolute atomic E-state index is 11.7. The van der Waals surface area contributed by atoms with Crippen molar-refractivity contribution in [2.24, 2.45) is 0 Å². The zero-order valence-electron chi connectivity index (χ0n) is 11.4. The Balaban J connectivity index is 1.92. The minimum Gasteiger partial charge on any atom is -0.481 e. The van der Waals surface area contributed by atoms with Crippen LogP contribution in [-0.4, -0.2) is 12.6 Å². The Kier molecular flexibility index (Phi) is 4.79. The van der Waals surface area contributed by atoms with Gasteiger partial charge in [0.1, 0.15) is 11.5 Å². The van der Waals surface area contributed by atoms with Crippen LogP contribution >= 0.6 is 15.9 Å². The van der Waals surface area contributed by atoms with E-state index in [1.807, 2.05) is 44.2 Å². The Bertz CT molecular complexity index is 623. The predicted octanol–water partition coefficient (Wildman–Crippen LogP) is 4.05. The monoisotopic (exact) mass is 334 g/mol. The van der Waals surface area contributed by atoms with Gasteiger partial charge in [0.05, 0.1) is 4.47 Å². The number of esters is 1. The largest absolute Gasteiger partial charge is 0.481 e. The van der Waals surface area contributed by atoms with Gasteiger partial charge in [-0.3, -0.25) is 0 Å². The van der Waals surface area contributed by atoms with Crippen LogP contribution in [0.1, 0.15) is 11.1 Å². The second-order valence-electron chi connectivity index (χ2n) is 4.51. The van der Waals surface area contributed by atoms with E-state index >= 15 is 0 Å². The lowest BCUT2D eigenvalue weighted by atomic mass is 10.2. The summed E-state index contributed by atoms with van der Waals surface area (Å²) in [7, 11) is 0. The van der Waals surface area contributed by atoms with Crippen LogP contribution in [0, 0.1) is 13.8 Å². The van der Waals surface area contributed by atoms with Crippen molar-refractivity contribution >= 4 is 21.9 Å². The van der Waals surface area contributed by atoms with Crippen molar-refractivity contribution in [3.05, 3.63) is 58.1 Å². The van der Waals surface area contributed by atoms with Crippen LogP contribution in [0.5, 0.6) is 11.5 Å². The van der Waals surface area contributed by atoms with E-state index in [-0.39, 0.29) is 6.61 Å². The van der Waals surface area contributed by atoms with E-state index in [9.17, 15) is 4.79 Å². The predicted molar refractivity (Wildman–Crippen MR) is 81.2 cm³/mol. The number of carbonyl (C=O) groups is 1. The molecule has 0 radical (unpaired) electrons. The van der Waals surface area contributed by atoms with Gasteiger partial charge in [-0.15, -0.1) is 0 Å². The van der Waals surface area contributed by atoms with Crippen LogP contribution < -0.4 is 9.47 Å². The molecule has 0 atom stereocenters. The fourth-order valence-electron chi connectivity index (χ4n) is 1.70.